The number of rotatable bonds is 6. The minimum atomic E-state index is -1.30. The van der Waals surface area contributed by atoms with E-state index in [4.69, 9.17) is 5.73 Å². The van der Waals surface area contributed by atoms with Gasteiger partial charge in [0.2, 0.25) is 5.91 Å². The first-order valence-corrected chi connectivity index (χ1v) is 9.71. The van der Waals surface area contributed by atoms with Gasteiger partial charge in [-0.15, -0.1) is 0 Å². The summed E-state index contributed by atoms with van der Waals surface area (Å²) in [5, 5.41) is 24.2. The van der Waals surface area contributed by atoms with E-state index in [9.17, 15) is 24.2 Å². The SMILES string of the molecule is CCCC1(O)C2Cc3ccc(O)cc3[C@]1(CC(=O)NC(N)=O)CCN2CCF. The van der Waals surface area contributed by atoms with Crippen LogP contribution in [0.2, 0.25) is 0 Å². The van der Waals surface area contributed by atoms with E-state index in [0.717, 1.165) is 11.1 Å². The van der Waals surface area contributed by atoms with Gasteiger partial charge in [0.05, 0.1) is 5.60 Å². The maximum atomic E-state index is 13.2. The van der Waals surface area contributed by atoms with Crippen LogP contribution < -0.4 is 11.1 Å². The lowest BCUT2D eigenvalue weighted by Crippen LogP contribution is -2.72. The molecule has 0 saturated carbocycles. The molecule has 1 aromatic rings. The Hall–Kier alpha value is -2.19. The van der Waals surface area contributed by atoms with Gasteiger partial charge in [-0.25, -0.2) is 9.18 Å². The number of urea groups is 1. The van der Waals surface area contributed by atoms with Crippen molar-refractivity contribution in [3.63, 3.8) is 0 Å². The number of imide groups is 1. The molecule has 0 radical (unpaired) electrons. The summed E-state index contributed by atoms with van der Waals surface area (Å²) in [4.78, 5) is 25.7. The number of carbonyl (C=O) groups is 2. The van der Waals surface area contributed by atoms with Gasteiger partial charge in [-0.3, -0.25) is 15.0 Å². The van der Waals surface area contributed by atoms with Crippen LogP contribution in [0.25, 0.3) is 0 Å². The lowest BCUT2D eigenvalue weighted by molar-refractivity contribution is -0.160. The summed E-state index contributed by atoms with van der Waals surface area (Å²) in [6.07, 6.45) is 1.86. The summed E-state index contributed by atoms with van der Waals surface area (Å²) >= 11 is 0. The molecule has 8 heteroatoms. The van der Waals surface area contributed by atoms with E-state index in [1.807, 2.05) is 11.8 Å². The number of benzene rings is 1. The third kappa shape index (κ3) is 3.24. The Bertz CT molecular complexity index is 774. The number of nitrogens with zero attached hydrogens (tertiary/aromatic N) is 1. The Morgan fingerprint density at radius 2 is 2.18 bits per heavy atom. The molecule has 1 aliphatic carbocycles. The highest BCUT2D eigenvalue weighted by molar-refractivity contribution is 5.94. The molecule has 7 nitrogen and oxygen atoms in total. The Balaban J connectivity index is 2.16. The smallest absolute Gasteiger partial charge is 0.318 e. The fraction of sp³-hybridized carbons (Fsp3) is 0.600. The average Bonchev–Trinajstić information content (AvgIpc) is 2.60. The molecule has 3 amide bonds. The van der Waals surface area contributed by atoms with E-state index >= 15 is 0 Å². The van der Waals surface area contributed by atoms with Gasteiger partial charge < -0.3 is 15.9 Å². The maximum Gasteiger partial charge on any atom is 0.318 e. The average molecular weight is 393 g/mol. The molecular weight excluding hydrogens is 365 g/mol. The third-order valence-electron chi connectivity index (χ3n) is 6.40. The number of phenols is 1. The van der Waals surface area contributed by atoms with Crippen LogP contribution in [0.3, 0.4) is 0 Å². The number of primary amides is 1. The number of carbonyl (C=O) groups excluding carboxylic acids is 2. The lowest BCUT2D eigenvalue weighted by Gasteiger charge is -2.61. The van der Waals surface area contributed by atoms with Crippen LogP contribution >= 0.6 is 0 Å². The first-order valence-electron chi connectivity index (χ1n) is 9.71. The molecule has 3 atom stereocenters. The first kappa shape index (κ1) is 20.5. The molecule has 2 bridgehead atoms. The number of piperidine rings is 1. The Morgan fingerprint density at radius 1 is 1.43 bits per heavy atom. The summed E-state index contributed by atoms with van der Waals surface area (Å²) in [5.41, 5.74) is 4.45. The highest BCUT2D eigenvalue weighted by atomic mass is 19.1. The van der Waals surface area contributed by atoms with Crippen LogP contribution in [0.15, 0.2) is 18.2 Å². The summed E-state index contributed by atoms with van der Waals surface area (Å²) in [7, 11) is 0. The normalized spacial score (nSPS) is 29.2. The number of amides is 3. The second-order valence-electron chi connectivity index (χ2n) is 7.88. The number of nitrogens with one attached hydrogen (secondary N) is 1. The highest BCUT2D eigenvalue weighted by Crippen LogP contribution is 2.55. The van der Waals surface area contributed by atoms with E-state index in [-0.39, 0.29) is 24.8 Å². The van der Waals surface area contributed by atoms with Gasteiger partial charge in [0, 0.05) is 24.4 Å². The number of aliphatic hydroxyl groups is 1. The molecule has 0 spiro atoms. The van der Waals surface area contributed by atoms with Gasteiger partial charge in [0.25, 0.3) is 0 Å². The largest absolute Gasteiger partial charge is 0.508 e. The molecule has 154 valence electrons. The second-order valence-corrected chi connectivity index (χ2v) is 7.88. The van der Waals surface area contributed by atoms with Gasteiger partial charge in [-0.1, -0.05) is 19.4 Å². The molecule has 1 saturated heterocycles. The highest BCUT2D eigenvalue weighted by Gasteiger charge is 2.62. The molecule has 1 aromatic carbocycles. The number of fused-ring (bicyclic) bond motifs is 4. The number of hydrogen-bond acceptors (Lipinski definition) is 5. The van der Waals surface area contributed by atoms with Gasteiger partial charge in [-0.05, 0) is 49.1 Å². The fourth-order valence-corrected chi connectivity index (χ4v) is 5.35. The van der Waals surface area contributed by atoms with E-state index in [1.54, 1.807) is 18.2 Å². The predicted octanol–water partition coefficient (Wildman–Crippen LogP) is 1.35. The van der Waals surface area contributed by atoms with Crippen LogP contribution in [-0.2, 0) is 16.6 Å². The summed E-state index contributed by atoms with van der Waals surface area (Å²) in [6, 6.07) is 3.68. The van der Waals surface area contributed by atoms with Crippen molar-refractivity contribution >= 4 is 11.9 Å². The number of likely N-dealkylation sites (tertiary alicyclic amines) is 1. The van der Waals surface area contributed by atoms with Crippen LogP contribution in [-0.4, -0.2) is 58.5 Å². The maximum absolute atomic E-state index is 13.2. The molecule has 1 heterocycles. The van der Waals surface area contributed by atoms with Gasteiger partial charge in [0.15, 0.2) is 0 Å². The molecule has 0 aromatic heterocycles. The monoisotopic (exact) mass is 393 g/mol. The van der Waals surface area contributed by atoms with E-state index in [1.165, 1.54) is 0 Å². The zero-order valence-corrected chi connectivity index (χ0v) is 16.1. The minimum absolute atomic E-state index is 0.0527. The first-order chi connectivity index (χ1) is 13.3. The summed E-state index contributed by atoms with van der Waals surface area (Å²) in [6.45, 7) is 2.16. The van der Waals surface area contributed by atoms with Crippen LogP contribution in [0.5, 0.6) is 5.75 Å². The predicted molar refractivity (Wildman–Crippen MR) is 102 cm³/mol. The molecule has 2 aliphatic rings. The molecular formula is C20H28FN3O4. The zero-order valence-electron chi connectivity index (χ0n) is 16.1. The number of aromatic hydroxyl groups is 1. The number of hydrogen-bond donors (Lipinski definition) is 4. The van der Waals surface area contributed by atoms with Crippen molar-refractivity contribution in [2.45, 2.75) is 56.1 Å². The van der Waals surface area contributed by atoms with Gasteiger partial charge in [0.1, 0.15) is 12.4 Å². The van der Waals surface area contributed by atoms with Crippen LogP contribution in [0.4, 0.5) is 9.18 Å². The summed E-state index contributed by atoms with van der Waals surface area (Å²) in [5.74, 6) is -0.521. The van der Waals surface area contributed by atoms with E-state index < -0.39 is 29.6 Å². The molecule has 1 fully saturated rings. The van der Waals surface area contributed by atoms with Crippen LogP contribution in [0.1, 0.15) is 43.7 Å². The van der Waals surface area contributed by atoms with Gasteiger partial charge >= 0.3 is 6.03 Å². The van der Waals surface area contributed by atoms with Crippen molar-refractivity contribution in [2.24, 2.45) is 5.73 Å². The second kappa shape index (κ2) is 7.67. The number of alkyl halides is 1. The number of phenolic OH excluding ortho intramolecular Hbond substituents is 1. The van der Waals surface area contributed by atoms with Crippen molar-refractivity contribution in [2.75, 3.05) is 19.8 Å². The molecule has 5 N–H and O–H groups in total. The van der Waals surface area contributed by atoms with E-state index in [0.29, 0.717) is 32.2 Å². The van der Waals surface area contributed by atoms with Crippen molar-refractivity contribution in [3.8, 4) is 5.75 Å². The number of nitrogens with two attached hydrogens (primary N) is 1. The lowest BCUT2D eigenvalue weighted by atomic mass is 9.52. The Kier molecular flexibility index (Phi) is 5.63. The molecule has 28 heavy (non-hydrogen) atoms. The third-order valence-corrected chi connectivity index (χ3v) is 6.40. The van der Waals surface area contributed by atoms with Crippen molar-refractivity contribution in [3.05, 3.63) is 29.3 Å². The van der Waals surface area contributed by atoms with E-state index in [2.05, 4.69) is 5.32 Å². The fourth-order valence-electron chi connectivity index (χ4n) is 5.35. The number of halogens is 1. The summed E-state index contributed by atoms with van der Waals surface area (Å²) < 4.78 is 13.2. The van der Waals surface area contributed by atoms with Crippen molar-refractivity contribution < 1.29 is 24.2 Å². The molecule has 3 rings (SSSR count). The van der Waals surface area contributed by atoms with Gasteiger partial charge in [-0.2, -0.15) is 0 Å². The zero-order chi connectivity index (χ0) is 20.5. The van der Waals surface area contributed by atoms with Crippen molar-refractivity contribution in [1.29, 1.82) is 0 Å². The Morgan fingerprint density at radius 3 is 2.82 bits per heavy atom. The topological polar surface area (TPSA) is 116 Å². The van der Waals surface area contributed by atoms with Crippen molar-refractivity contribution in [1.82, 2.24) is 10.2 Å². The standard InChI is InChI=1S/C20H28FN3O4/c1-2-5-20(28)16-10-13-3-4-14(25)11-15(13)19(20,6-8-24(16)9-7-21)12-17(26)23-18(22)27/h3-4,11,16,25,28H,2,5-10,12H2,1H3,(H3,22,23,26,27)/t16?,19-,20?/m1/s1. The molecule has 2 unspecified atom stereocenters. The Labute approximate surface area is 163 Å². The minimum Gasteiger partial charge on any atom is -0.508 e. The quantitative estimate of drug-likeness (QED) is 0.582. The van der Waals surface area contributed by atoms with Crippen LogP contribution in [0, 0.1) is 0 Å². The molecule has 1 aliphatic heterocycles.